The first kappa shape index (κ1) is 11.8. The Morgan fingerprint density at radius 2 is 2.21 bits per heavy atom. The number of nitrogens with zero attached hydrogens (tertiary/aromatic N) is 1. The zero-order valence-corrected chi connectivity index (χ0v) is 9.70. The van der Waals surface area contributed by atoms with Crippen LogP contribution in [-0.2, 0) is 10.2 Å². The van der Waals surface area contributed by atoms with Crippen LogP contribution in [-0.4, -0.2) is 37.3 Å². The Balaban J connectivity index is 2.40. The number of hydrogen-bond donors (Lipinski definition) is 2. The third-order valence-corrected chi connectivity index (χ3v) is 3.81. The van der Waals surface area contributed by atoms with E-state index < -0.39 is 10.2 Å². The minimum absolute atomic E-state index is 0.132. The van der Waals surface area contributed by atoms with Crippen molar-refractivity contribution >= 4 is 27.4 Å². The van der Waals surface area contributed by atoms with Crippen molar-refractivity contribution in [3.05, 3.63) is 0 Å². The van der Waals surface area contributed by atoms with Gasteiger partial charge in [0.15, 0.2) is 0 Å². The van der Waals surface area contributed by atoms with Crippen molar-refractivity contribution in [1.29, 1.82) is 0 Å². The fourth-order valence-corrected chi connectivity index (χ4v) is 2.15. The number of hydrogen-bond acceptors (Lipinski definition) is 3. The summed E-state index contributed by atoms with van der Waals surface area (Å²) >= 11 is 4.67. The lowest BCUT2D eigenvalue weighted by Gasteiger charge is -2.16. The summed E-state index contributed by atoms with van der Waals surface area (Å²) in [6, 6.07) is 0.132. The molecule has 1 aliphatic carbocycles. The summed E-state index contributed by atoms with van der Waals surface area (Å²) in [5, 5.41) is 0. The van der Waals surface area contributed by atoms with Crippen LogP contribution < -0.4 is 10.5 Å². The van der Waals surface area contributed by atoms with Gasteiger partial charge in [-0.15, -0.1) is 0 Å². The lowest BCUT2D eigenvalue weighted by atomic mass is 10.4. The number of nitrogens with one attached hydrogen (secondary N) is 1. The molecule has 0 aliphatic heterocycles. The summed E-state index contributed by atoms with van der Waals surface area (Å²) in [5.74, 6) is 0. The van der Waals surface area contributed by atoms with E-state index in [-0.39, 0.29) is 6.04 Å². The number of rotatable bonds is 6. The van der Waals surface area contributed by atoms with E-state index in [2.05, 4.69) is 16.9 Å². The van der Waals surface area contributed by atoms with E-state index >= 15 is 0 Å². The van der Waals surface area contributed by atoms with Gasteiger partial charge in [-0.2, -0.15) is 17.4 Å². The van der Waals surface area contributed by atoms with Crippen LogP contribution in [0.25, 0.3) is 0 Å². The Morgan fingerprint density at radius 1 is 1.64 bits per heavy atom. The Labute approximate surface area is 89.8 Å². The van der Waals surface area contributed by atoms with E-state index in [0.29, 0.717) is 18.0 Å². The molecule has 14 heavy (non-hydrogen) atoms. The molecule has 0 aromatic heterocycles. The topological polar surface area (TPSA) is 75.4 Å². The molecule has 7 heteroatoms. The van der Waals surface area contributed by atoms with E-state index in [1.54, 1.807) is 0 Å². The summed E-state index contributed by atoms with van der Waals surface area (Å²) < 4.78 is 26.9. The fourth-order valence-electron chi connectivity index (χ4n) is 0.890. The lowest BCUT2D eigenvalue weighted by molar-refractivity contribution is 0.466. The van der Waals surface area contributed by atoms with Gasteiger partial charge in [-0.25, -0.2) is 0 Å². The van der Waals surface area contributed by atoms with Gasteiger partial charge in [-0.3, -0.25) is 0 Å². The standard InChI is InChI=1S/C7H15N3O2S2/c1-10(5-4-7(8)13)14(11,12)9-6-2-3-6/h6,9H,2-5H2,1H3,(H2,8,13). The molecule has 0 aromatic rings. The number of thiocarbonyl (C=S) groups is 1. The van der Waals surface area contributed by atoms with Crippen molar-refractivity contribution in [2.75, 3.05) is 13.6 Å². The molecular weight excluding hydrogens is 222 g/mol. The summed E-state index contributed by atoms with van der Waals surface area (Å²) in [4.78, 5) is 0.332. The Bertz CT molecular complexity index is 311. The van der Waals surface area contributed by atoms with E-state index in [9.17, 15) is 8.42 Å². The Morgan fingerprint density at radius 3 is 2.64 bits per heavy atom. The molecule has 1 rings (SSSR count). The highest BCUT2D eigenvalue weighted by atomic mass is 32.2. The minimum atomic E-state index is -3.32. The van der Waals surface area contributed by atoms with Crippen molar-refractivity contribution in [3.8, 4) is 0 Å². The highest BCUT2D eigenvalue weighted by Crippen LogP contribution is 2.20. The van der Waals surface area contributed by atoms with Gasteiger partial charge in [0.2, 0.25) is 0 Å². The predicted octanol–water partition coefficient (Wildman–Crippen LogP) is -0.409. The van der Waals surface area contributed by atoms with Gasteiger partial charge in [-0.05, 0) is 12.8 Å². The molecule has 0 heterocycles. The van der Waals surface area contributed by atoms with E-state index in [4.69, 9.17) is 5.73 Å². The van der Waals surface area contributed by atoms with Gasteiger partial charge < -0.3 is 5.73 Å². The normalized spacial score (nSPS) is 17.3. The molecule has 0 bridgehead atoms. The lowest BCUT2D eigenvalue weighted by Crippen LogP contribution is -2.40. The number of nitrogens with two attached hydrogens (primary N) is 1. The smallest absolute Gasteiger partial charge is 0.279 e. The second-order valence-corrected chi connectivity index (χ2v) is 5.77. The third-order valence-electron chi connectivity index (χ3n) is 1.98. The molecule has 3 N–H and O–H groups in total. The van der Waals surface area contributed by atoms with Gasteiger partial charge in [0.25, 0.3) is 10.2 Å². The first-order valence-electron chi connectivity index (χ1n) is 4.43. The van der Waals surface area contributed by atoms with E-state index in [1.165, 1.54) is 11.4 Å². The molecule has 0 radical (unpaired) electrons. The van der Waals surface area contributed by atoms with Gasteiger partial charge in [-0.1, -0.05) is 12.2 Å². The van der Waals surface area contributed by atoms with E-state index in [0.717, 1.165) is 12.8 Å². The van der Waals surface area contributed by atoms with Crippen molar-refractivity contribution in [2.24, 2.45) is 5.73 Å². The van der Waals surface area contributed by atoms with Gasteiger partial charge >= 0.3 is 0 Å². The van der Waals surface area contributed by atoms with Gasteiger partial charge in [0, 0.05) is 26.1 Å². The first-order chi connectivity index (χ1) is 6.42. The summed E-state index contributed by atoms with van der Waals surface area (Å²) in [5.41, 5.74) is 5.29. The summed E-state index contributed by atoms with van der Waals surface area (Å²) in [7, 11) is -1.81. The van der Waals surface area contributed by atoms with Crippen LogP contribution in [0.15, 0.2) is 0 Å². The minimum Gasteiger partial charge on any atom is -0.393 e. The van der Waals surface area contributed by atoms with Crippen LogP contribution in [0.2, 0.25) is 0 Å². The maximum atomic E-state index is 11.5. The maximum absolute atomic E-state index is 11.5. The monoisotopic (exact) mass is 237 g/mol. The second-order valence-electron chi connectivity index (χ2n) is 3.44. The van der Waals surface area contributed by atoms with Crippen LogP contribution in [0.3, 0.4) is 0 Å². The molecular formula is C7H15N3O2S2. The molecule has 1 saturated carbocycles. The fraction of sp³-hybridized carbons (Fsp3) is 0.857. The molecule has 0 unspecified atom stereocenters. The highest BCUT2D eigenvalue weighted by Gasteiger charge is 2.29. The van der Waals surface area contributed by atoms with Crippen molar-refractivity contribution in [3.63, 3.8) is 0 Å². The molecule has 0 saturated heterocycles. The molecule has 0 atom stereocenters. The molecule has 1 fully saturated rings. The SMILES string of the molecule is CN(CCC(N)=S)S(=O)(=O)NC1CC1. The highest BCUT2D eigenvalue weighted by molar-refractivity contribution is 7.87. The van der Waals surface area contributed by atoms with Crippen LogP contribution in [0.4, 0.5) is 0 Å². The van der Waals surface area contributed by atoms with Crippen LogP contribution in [0, 0.1) is 0 Å². The van der Waals surface area contributed by atoms with Crippen molar-refractivity contribution < 1.29 is 8.42 Å². The average molecular weight is 237 g/mol. The largest absolute Gasteiger partial charge is 0.393 e. The van der Waals surface area contributed by atoms with Crippen LogP contribution in [0.5, 0.6) is 0 Å². The summed E-state index contributed by atoms with van der Waals surface area (Å²) in [6.45, 7) is 0.331. The third kappa shape index (κ3) is 3.87. The molecule has 5 nitrogen and oxygen atoms in total. The second kappa shape index (κ2) is 4.52. The molecule has 1 aliphatic rings. The molecule has 0 aromatic carbocycles. The van der Waals surface area contributed by atoms with Crippen LogP contribution >= 0.6 is 12.2 Å². The summed E-state index contributed by atoms with van der Waals surface area (Å²) in [6.07, 6.45) is 2.28. The zero-order chi connectivity index (χ0) is 10.8. The predicted molar refractivity (Wildman–Crippen MR) is 59.1 cm³/mol. The van der Waals surface area contributed by atoms with Gasteiger partial charge in [0.1, 0.15) is 0 Å². The quantitative estimate of drug-likeness (QED) is 0.616. The molecule has 82 valence electrons. The average Bonchev–Trinajstić information content (AvgIpc) is 2.82. The Hall–Kier alpha value is -0.240. The van der Waals surface area contributed by atoms with Crippen molar-refractivity contribution in [1.82, 2.24) is 9.03 Å². The van der Waals surface area contributed by atoms with Crippen LogP contribution in [0.1, 0.15) is 19.3 Å². The first-order valence-corrected chi connectivity index (χ1v) is 6.28. The van der Waals surface area contributed by atoms with E-state index in [1.807, 2.05) is 0 Å². The zero-order valence-electron chi connectivity index (χ0n) is 8.06. The molecule has 0 spiro atoms. The maximum Gasteiger partial charge on any atom is 0.279 e. The van der Waals surface area contributed by atoms with Gasteiger partial charge in [0.05, 0.1) is 4.99 Å². The van der Waals surface area contributed by atoms with Crippen molar-refractivity contribution in [2.45, 2.75) is 25.3 Å². The molecule has 0 amide bonds. The Kier molecular flexibility index (Phi) is 3.82.